The van der Waals surface area contributed by atoms with E-state index < -0.39 is 0 Å². The predicted molar refractivity (Wildman–Crippen MR) is 82.3 cm³/mol. The van der Waals surface area contributed by atoms with Crippen molar-refractivity contribution in [3.63, 3.8) is 0 Å². The Bertz CT molecular complexity index is 697. The van der Waals surface area contributed by atoms with Crippen molar-refractivity contribution in [3.8, 4) is 5.69 Å². The molecule has 0 atom stereocenters. The Labute approximate surface area is 119 Å². The molecule has 0 N–H and O–H groups in total. The van der Waals surface area contributed by atoms with Crippen molar-refractivity contribution in [3.05, 3.63) is 83.2 Å². The molecule has 0 aliphatic heterocycles. The summed E-state index contributed by atoms with van der Waals surface area (Å²) < 4.78 is 2.04. The number of para-hydroxylation sites is 1. The van der Waals surface area contributed by atoms with Crippen LogP contribution < -0.4 is 0 Å². The zero-order valence-electron chi connectivity index (χ0n) is 11.9. The average Bonchev–Trinajstić information content (AvgIpc) is 2.78. The van der Waals surface area contributed by atoms with Crippen LogP contribution in [-0.4, -0.2) is 9.78 Å². The van der Waals surface area contributed by atoms with Gasteiger partial charge in [0, 0.05) is 12.1 Å². The first-order chi connectivity index (χ1) is 9.75. The van der Waals surface area contributed by atoms with E-state index in [-0.39, 0.29) is 0 Å². The lowest BCUT2D eigenvalue weighted by atomic mass is 10.1. The van der Waals surface area contributed by atoms with Crippen LogP contribution in [0.2, 0.25) is 0 Å². The highest BCUT2D eigenvalue weighted by atomic mass is 15.3. The van der Waals surface area contributed by atoms with Gasteiger partial charge in [-0.15, -0.1) is 0 Å². The third-order valence-electron chi connectivity index (χ3n) is 3.73. The minimum Gasteiger partial charge on any atom is -0.238 e. The van der Waals surface area contributed by atoms with E-state index in [1.54, 1.807) is 0 Å². The van der Waals surface area contributed by atoms with E-state index in [9.17, 15) is 0 Å². The van der Waals surface area contributed by atoms with Crippen LogP contribution in [0.15, 0.2) is 60.7 Å². The van der Waals surface area contributed by atoms with Crippen molar-refractivity contribution in [1.82, 2.24) is 9.78 Å². The van der Waals surface area contributed by atoms with Crippen LogP contribution in [0.1, 0.15) is 22.5 Å². The number of rotatable bonds is 3. The Hall–Kier alpha value is -2.35. The number of benzene rings is 2. The van der Waals surface area contributed by atoms with E-state index in [0.29, 0.717) is 0 Å². The van der Waals surface area contributed by atoms with Gasteiger partial charge in [0.2, 0.25) is 0 Å². The van der Waals surface area contributed by atoms with Crippen molar-refractivity contribution < 1.29 is 0 Å². The van der Waals surface area contributed by atoms with Crippen LogP contribution in [0, 0.1) is 13.8 Å². The lowest BCUT2D eigenvalue weighted by Gasteiger charge is -2.03. The second-order valence-corrected chi connectivity index (χ2v) is 5.07. The molecular weight excluding hydrogens is 244 g/mol. The summed E-state index contributed by atoms with van der Waals surface area (Å²) in [5.41, 5.74) is 6.05. The van der Waals surface area contributed by atoms with E-state index in [2.05, 4.69) is 50.2 Å². The minimum absolute atomic E-state index is 0.882. The molecule has 20 heavy (non-hydrogen) atoms. The molecule has 0 aliphatic rings. The first-order valence-corrected chi connectivity index (χ1v) is 6.90. The van der Waals surface area contributed by atoms with Crippen molar-refractivity contribution in [2.45, 2.75) is 20.3 Å². The maximum atomic E-state index is 4.79. The standard InChI is InChI=1S/C18H18N2/c1-14-15(2)20(17-11-7-4-8-12-17)19-18(14)13-16-9-5-3-6-10-16/h3-12H,13H2,1-2H3. The van der Waals surface area contributed by atoms with E-state index in [1.807, 2.05) is 28.9 Å². The molecule has 0 radical (unpaired) electrons. The molecule has 0 unspecified atom stereocenters. The second-order valence-electron chi connectivity index (χ2n) is 5.07. The van der Waals surface area contributed by atoms with Crippen LogP contribution in [0.3, 0.4) is 0 Å². The lowest BCUT2D eigenvalue weighted by molar-refractivity contribution is 0.823. The molecule has 0 aliphatic carbocycles. The normalized spacial score (nSPS) is 10.7. The van der Waals surface area contributed by atoms with Gasteiger partial charge >= 0.3 is 0 Å². The summed E-state index contributed by atoms with van der Waals surface area (Å²) in [5.74, 6) is 0. The van der Waals surface area contributed by atoms with Gasteiger partial charge in [0.25, 0.3) is 0 Å². The summed E-state index contributed by atoms with van der Waals surface area (Å²) >= 11 is 0. The van der Waals surface area contributed by atoms with Crippen molar-refractivity contribution in [2.24, 2.45) is 0 Å². The number of aromatic nitrogens is 2. The third-order valence-corrected chi connectivity index (χ3v) is 3.73. The maximum absolute atomic E-state index is 4.79. The van der Waals surface area contributed by atoms with Crippen molar-refractivity contribution in [1.29, 1.82) is 0 Å². The lowest BCUT2D eigenvalue weighted by Crippen LogP contribution is -1.99. The summed E-state index contributed by atoms with van der Waals surface area (Å²) in [5, 5.41) is 4.79. The highest BCUT2D eigenvalue weighted by Gasteiger charge is 2.12. The molecule has 0 amide bonds. The van der Waals surface area contributed by atoms with Gasteiger partial charge in [-0.2, -0.15) is 5.10 Å². The molecule has 1 aromatic heterocycles. The van der Waals surface area contributed by atoms with Crippen LogP contribution in [0.4, 0.5) is 0 Å². The number of hydrogen-bond acceptors (Lipinski definition) is 1. The zero-order valence-corrected chi connectivity index (χ0v) is 11.9. The van der Waals surface area contributed by atoms with Crippen LogP contribution >= 0.6 is 0 Å². The van der Waals surface area contributed by atoms with Gasteiger partial charge < -0.3 is 0 Å². The van der Waals surface area contributed by atoms with Gasteiger partial charge in [0.05, 0.1) is 11.4 Å². The van der Waals surface area contributed by atoms with Crippen LogP contribution in [0.25, 0.3) is 5.69 Å². The Morgan fingerprint density at radius 1 is 0.850 bits per heavy atom. The Morgan fingerprint density at radius 3 is 2.10 bits per heavy atom. The summed E-state index contributed by atoms with van der Waals surface area (Å²) in [6.07, 6.45) is 0.882. The molecule has 2 aromatic carbocycles. The van der Waals surface area contributed by atoms with E-state index in [0.717, 1.165) is 17.8 Å². The highest BCUT2D eigenvalue weighted by Crippen LogP contribution is 2.19. The molecule has 1 heterocycles. The monoisotopic (exact) mass is 262 g/mol. The maximum Gasteiger partial charge on any atom is 0.0704 e. The van der Waals surface area contributed by atoms with Gasteiger partial charge in [-0.05, 0) is 37.1 Å². The molecule has 0 fully saturated rings. The molecule has 3 rings (SSSR count). The Kier molecular flexibility index (Phi) is 3.38. The van der Waals surface area contributed by atoms with Gasteiger partial charge in [-0.3, -0.25) is 0 Å². The molecule has 100 valence electrons. The highest BCUT2D eigenvalue weighted by molar-refractivity contribution is 5.38. The second kappa shape index (κ2) is 5.33. The van der Waals surface area contributed by atoms with Crippen LogP contribution in [-0.2, 0) is 6.42 Å². The first kappa shape index (κ1) is 12.7. The topological polar surface area (TPSA) is 17.8 Å². The largest absolute Gasteiger partial charge is 0.238 e. The predicted octanol–water partition coefficient (Wildman–Crippen LogP) is 4.08. The molecule has 0 saturated carbocycles. The van der Waals surface area contributed by atoms with Crippen molar-refractivity contribution in [2.75, 3.05) is 0 Å². The Morgan fingerprint density at radius 2 is 1.45 bits per heavy atom. The molecule has 2 nitrogen and oxygen atoms in total. The molecule has 2 heteroatoms. The molecule has 3 aromatic rings. The summed E-state index contributed by atoms with van der Waals surface area (Å²) in [6.45, 7) is 4.28. The van der Waals surface area contributed by atoms with Gasteiger partial charge in [0.15, 0.2) is 0 Å². The Balaban J connectivity index is 1.98. The number of hydrogen-bond donors (Lipinski definition) is 0. The molecule has 0 bridgehead atoms. The van der Waals surface area contributed by atoms with Gasteiger partial charge in [-0.1, -0.05) is 48.5 Å². The smallest absolute Gasteiger partial charge is 0.0704 e. The first-order valence-electron chi connectivity index (χ1n) is 6.90. The number of nitrogens with zero attached hydrogens (tertiary/aromatic N) is 2. The van der Waals surface area contributed by atoms with Gasteiger partial charge in [0.1, 0.15) is 0 Å². The average molecular weight is 262 g/mol. The third kappa shape index (κ3) is 2.37. The fraction of sp³-hybridized carbons (Fsp3) is 0.167. The summed E-state index contributed by atoms with van der Waals surface area (Å²) in [7, 11) is 0. The molecular formula is C18H18N2. The SMILES string of the molecule is Cc1c(Cc2ccccc2)nn(-c2ccccc2)c1C. The van der Waals surface area contributed by atoms with E-state index in [1.165, 1.54) is 16.8 Å². The quantitative estimate of drug-likeness (QED) is 0.695. The van der Waals surface area contributed by atoms with E-state index in [4.69, 9.17) is 5.10 Å². The molecule has 0 spiro atoms. The van der Waals surface area contributed by atoms with E-state index >= 15 is 0 Å². The summed E-state index contributed by atoms with van der Waals surface area (Å²) in [4.78, 5) is 0. The van der Waals surface area contributed by atoms with Crippen LogP contribution in [0.5, 0.6) is 0 Å². The zero-order chi connectivity index (χ0) is 13.9. The van der Waals surface area contributed by atoms with Gasteiger partial charge in [-0.25, -0.2) is 4.68 Å². The molecule has 0 saturated heterocycles. The minimum atomic E-state index is 0.882. The summed E-state index contributed by atoms with van der Waals surface area (Å²) in [6, 6.07) is 20.8. The fourth-order valence-corrected chi connectivity index (χ4v) is 2.42. The van der Waals surface area contributed by atoms with Crippen molar-refractivity contribution >= 4 is 0 Å². The fourth-order valence-electron chi connectivity index (χ4n) is 2.42.